The topological polar surface area (TPSA) is 102 Å². The molecule has 3 aromatic carbocycles. The second kappa shape index (κ2) is 17.1. The molecule has 0 aliphatic rings. The summed E-state index contributed by atoms with van der Waals surface area (Å²) < 4.78 is 0. The molecule has 0 heterocycles. The van der Waals surface area contributed by atoms with Crippen LogP contribution < -0.4 is 40.8 Å². The number of nitrogens with two attached hydrogens (primary N) is 1. The van der Waals surface area contributed by atoms with Gasteiger partial charge in [-0.3, -0.25) is 15.0 Å². The Labute approximate surface area is 192 Å². The van der Waals surface area contributed by atoms with Crippen molar-refractivity contribution in [1.29, 1.82) is 0 Å². The third kappa shape index (κ3) is 12.4. The van der Waals surface area contributed by atoms with Crippen molar-refractivity contribution in [3.05, 3.63) is 108 Å². The summed E-state index contributed by atoms with van der Waals surface area (Å²) >= 11 is 5.16. The van der Waals surface area contributed by atoms with Crippen molar-refractivity contribution in [2.75, 3.05) is 0 Å². The Balaban J connectivity index is 0. The molecule has 0 aliphatic heterocycles. The number of halogens is 1. The molecule has 5 nitrogen and oxygen atoms in total. The van der Waals surface area contributed by atoms with Crippen LogP contribution in [0.3, 0.4) is 0 Å². The van der Waals surface area contributed by atoms with Crippen molar-refractivity contribution >= 4 is 22.8 Å². The number of benzene rings is 3. The molecule has 0 bridgehead atoms. The Bertz CT molecular complexity index is 789. The molecule has 142 valence electrons. The molecular formula is C21H22ClN2NaO3. The molecule has 0 fully saturated rings. The molecule has 0 saturated heterocycles. The average molecular weight is 409 g/mol. The number of nitrogen functional groups attached to an aromatic ring is 1. The Morgan fingerprint density at radius 2 is 1.11 bits per heavy atom. The smallest absolute Gasteiger partial charge is 0.870 e. The zero-order valence-electron chi connectivity index (χ0n) is 15.9. The van der Waals surface area contributed by atoms with E-state index < -0.39 is 5.24 Å². The summed E-state index contributed by atoms with van der Waals surface area (Å²) in [6.45, 7) is 2.08. The number of rotatable bonds is 2. The Hall–Kier alpha value is -1.99. The van der Waals surface area contributed by atoms with Crippen LogP contribution in [-0.2, 0) is 0 Å². The zero-order valence-corrected chi connectivity index (χ0v) is 18.6. The van der Waals surface area contributed by atoms with E-state index in [1.54, 1.807) is 48.5 Å². The van der Waals surface area contributed by atoms with Gasteiger partial charge < -0.3 is 5.48 Å². The van der Waals surface area contributed by atoms with Crippen molar-refractivity contribution in [3.63, 3.8) is 0 Å². The van der Waals surface area contributed by atoms with Gasteiger partial charge in [0.25, 0.3) is 11.1 Å². The first kappa shape index (κ1) is 28.2. The van der Waals surface area contributed by atoms with Crippen LogP contribution in [0, 0.1) is 6.92 Å². The number of amides is 1. The van der Waals surface area contributed by atoms with Crippen LogP contribution in [-0.4, -0.2) is 16.6 Å². The minimum absolute atomic E-state index is 0. The fraction of sp³-hybridized carbons (Fsp3) is 0.0476. The predicted octanol–water partition coefficient (Wildman–Crippen LogP) is 1.18. The second-order valence-corrected chi connectivity index (χ2v) is 5.48. The Morgan fingerprint density at radius 1 is 0.750 bits per heavy atom. The van der Waals surface area contributed by atoms with Gasteiger partial charge in [0, 0.05) is 11.1 Å². The fourth-order valence-electron chi connectivity index (χ4n) is 1.78. The van der Waals surface area contributed by atoms with E-state index in [9.17, 15) is 9.59 Å². The Kier molecular flexibility index (Phi) is 17.3. The minimum atomic E-state index is -0.407. The van der Waals surface area contributed by atoms with Gasteiger partial charge in [-0.1, -0.05) is 84.4 Å². The number of carbonyl (C=O) groups is 2. The summed E-state index contributed by atoms with van der Waals surface area (Å²) in [7, 11) is 0. The van der Waals surface area contributed by atoms with E-state index in [4.69, 9.17) is 17.4 Å². The normalized spacial score (nSPS) is 8.25. The number of carbonyl (C=O) groups excluding carboxylic acids is 2. The van der Waals surface area contributed by atoms with E-state index in [2.05, 4.69) is 19.1 Å². The first-order chi connectivity index (χ1) is 12.5. The van der Waals surface area contributed by atoms with E-state index in [0.717, 1.165) is 0 Å². The van der Waals surface area contributed by atoms with Crippen LogP contribution in [0.15, 0.2) is 91.0 Å². The van der Waals surface area contributed by atoms with Crippen LogP contribution in [0.4, 0.5) is 0 Å². The largest absolute Gasteiger partial charge is 1.00 e. The number of nitrogens with one attached hydrogen (secondary N) is 1. The fourth-order valence-corrected chi connectivity index (χ4v) is 1.90. The van der Waals surface area contributed by atoms with Gasteiger partial charge in [0.05, 0.1) is 0 Å². The molecule has 0 radical (unpaired) electrons. The van der Waals surface area contributed by atoms with E-state index in [1.807, 2.05) is 35.8 Å². The first-order valence-electron chi connectivity index (χ1n) is 7.87. The van der Waals surface area contributed by atoms with Crippen LogP contribution in [0.5, 0.6) is 0 Å². The van der Waals surface area contributed by atoms with Crippen molar-refractivity contribution < 1.29 is 44.6 Å². The first-order valence-corrected chi connectivity index (χ1v) is 8.25. The summed E-state index contributed by atoms with van der Waals surface area (Å²) in [6, 6.07) is 27.8. The molecule has 0 aliphatic carbocycles. The third-order valence-electron chi connectivity index (χ3n) is 3.11. The van der Waals surface area contributed by atoms with Gasteiger partial charge >= 0.3 is 29.6 Å². The molecule has 0 unspecified atom stereocenters. The maximum Gasteiger partial charge on any atom is 1.00 e. The summed E-state index contributed by atoms with van der Waals surface area (Å²) in [5, 5.41) is -0.407. The molecule has 4 N–H and O–H groups in total. The van der Waals surface area contributed by atoms with E-state index in [0.29, 0.717) is 11.1 Å². The average Bonchev–Trinajstić information content (AvgIpc) is 2.70. The molecule has 3 aromatic rings. The van der Waals surface area contributed by atoms with Crippen molar-refractivity contribution in [2.24, 2.45) is 5.84 Å². The van der Waals surface area contributed by atoms with Gasteiger partial charge in [-0.2, -0.15) is 0 Å². The monoisotopic (exact) mass is 408 g/mol. The molecule has 1 amide bonds. The summed E-state index contributed by atoms with van der Waals surface area (Å²) in [5.41, 5.74) is 4.48. The number of aryl methyl sites for hydroxylation is 1. The molecule has 0 spiro atoms. The van der Waals surface area contributed by atoms with Crippen LogP contribution in [0.2, 0.25) is 0 Å². The standard InChI is InChI=1S/C7H5ClO.C7H8N2O.C7H8.Na.H2O/c8-7(9)6-4-2-1-3-5-6;8-9-7(10)6-4-2-1-3-5-6;1-7-5-3-2-4-6-7;;/h1-5H;1-5H,8H2,(H,9,10);2-6H,1H3;;1H2/q;;;+1;/p-1. The van der Waals surface area contributed by atoms with E-state index in [1.165, 1.54) is 5.56 Å². The molecule has 7 heteroatoms. The summed E-state index contributed by atoms with van der Waals surface area (Å²) in [5.74, 6) is 4.64. The number of hydrogen-bond acceptors (Lipinski definition) is 4. The molecule has 0 aromatic heterocycles. The van der Waals surface area contributed by atoms with Crippen LogP contribution in [0.1, 0.15) is 26.3 Å². The van der Waals surface area contributed by atoms with E-state index in [-0.39, 0.29) is 40.9 Å². The quantitative estimate of drug-likeness (QED) is 0.218. The van der Waals surface area contributed by atoms with Gasteiger partial charge in [-0.25, -0.2) is 5.84 Å². The Morgan fingerprint density at radius 3 is 1.36 bits per heavy atom. The SMILES string of the molecule is Cc1ccccc1.NNC(=O)c1ccccc1.O=C(Cl)c1ccccc1.[Na+].[OH-]. The van der Waals surface area contributed by atoms with Crippen LogP contribution in [0.25, 0.3) is 0 Å². The van der Waals surface area contributed by atoms with Crippen LogP contribution >= 0.6 is 11.6 Å². The minimum Gasteiger partial charge on any atom is -0.870 e. The van der Waals surface area contributed by atoms with Crippen molar-refractivity contribution in [2.45, 2.75) is 6.92 Å². The van der Waals surface area contributed by atoms with Gasteiger partial charge in [0.1, 0.15) is 0 Å². The predicted molar refractivity (Wildman–Crippen MR) is 108 cm³/mol. The summed E-state index contributed by atoms with van der Waals surface area (Å²) in [4.78, 5) is 21.2. The molecule has 0 saturated carbocycles. The molecular weight excluding hydrogens is 387 g/mol. The zero-order chi connectivity index (χ0) is 19.2. The second-order valence-electron chi connectivity index (χ2n) is 5.13. The van der Waals surface area contributed by atoms with Crippen molar-refractivity contribution in [3.8, 4) is 0 Å². The van der Waals surface area contributed by atoms with Gasteiger partial charge in [0.15, 0.2) is 0 Å². The number of hydrazine groups is 1. The third-order valence-corrected chi connectivity index (χ3v) is 3.33. The van der Waals surface area contributed by atoms with Gasteiger partial charge in [-0.15, -0.1) is 0 Å². The number of hydrogen-bond donors (Lipinski definition) is 2. The molecule has 3 rings (SSSR count). The van der Waals surface area contributed by atoms with Gasteiger partial charge in [0.2, 0.25) is 0 Å². The maximum atomic E-state index is 10.8. The molecule has 0 atom stereocenters. The van der Waals surface area contributed by atoms with E-state index >= 15 is 0 Å². The maximum absolute atomic E-state index is 10.8. The van der Waals surface area contributed by atoms with Gasteiger partial charge in [-0.05, 0) is 30.7 Å². The van der Waals surface area contributed by atoms with Crippen molar-refractivity contribution in [1.82, 2.24) is 5.43 Å². The molecule has 28 heavy (non-hydrogen) atoms. The summed E-state index contributed by atoms with van der Waals surface area (Å²) in [6.07, 6.45) is 0.